The van der Waals surface area contributed by atoms with Crippen molar-refractivity contribution in [3.8, 4) is 0 Å². The van der Waals surface area contributed by atoms with Gasteiger partial charge in [0.15, 0.2) is 11.4 Å². The van der Waals surface area contributed by atoms with Gasteiger partial charge in [-0.2, -0.15) is 0 Å². The third-order valence-electron chi connectivity index (χ3n) is 4.60. The second kappa shape index (κ2) is 5.75. The van der Waals surface area contributed by atoms with Crippen LogP contribution in [0.1, 0.15) is 43.9 Å². The van der Waals surface area contributed by atoms with Crippen LogP contribution in [-0.4, -0.2) is 12.7 Å². The summed E-state index contributed by atoms with van der Waals surface area (Å²) in [5.74, 6) is 6.04. The molecule has 114 valence electrons. The highest BCUT2D eigenvalue weighted by molar-refractivity contribution is 5.78. The van der Waals surface area contributed by atoms with E-state index in [0.29, 0.717) is 5.76 Å². The van der Waals surface area contributed by atoms with E-state index >= 15 is 0 Å². The van der Waals surface area contributed by atoms with Gasteiger partial charge in [0.25, 0.3) is 0 Å². The largest absolute Gasteiger partial charge is 0.456 e. The summed E-state index contributed by atoms with van der Waals surface area (Å²) in [5.41, 5.74) is 2.70. The Kier molecular flexibility index (Phi) is 3.97. The maximum Gasteiger partial charge on any atom is 0.169 e. The van der Waals surface area contributed by atoms with E-state index in [-0.39, 0.29) is 17.4 Å². The Balaban J connectivity index is 2.02. The summed E-state index contributed by atoms with van der Waals surface area (Å²) in [6.07, 6.45) is 5.23. The Morgan fingerprint density at radius 3 is 2.71 bits per heavy atom. The number of benzene rings is 1. The monoisotopic (exact) mass is 292 g/mol. The predicted octanol–water partition coefficient (Wildman–Crippen LogP) is 3.43. The number of rotatable bonds is 4. The molecule has 4 nitrogen and oxygen atoms in total. The fraction of sp³-hybridized carbons (Fsp3) is 0.500. The van der Waals surface area contributed by atoms with E-state index < -0.39 is 5.60 Å². The lowest BCUT2D eigenvalue weighted by atomic mass is 9.78. The molecule has 1 aromatic carbocycles. The van der Waals surface area contributed by atoms with Gasteiger partial charge in [-0.05, 0) is 25.0 Å². The molecule has 3 N–H and O–H groups in total. The minimum absolute atomic E-state index is 0.273. The summed E-state index contributed by atoms with van der Waals surface area (Å²) in [6, 6.07) is 6.47. The molecule has 5 heteroatoms. The first kappa shape index (κ1) is 14.5. The Hall–Kier alpha value is -1.43. The minimum Gasteiger partial charge on any atom is -0.456 e. The third kappa shape index (κ3) is 2.46. The van der Waals surface area contributed by atoms with E-state index in [1.165, 1.54) is 12.5 Å². The molecule has 1 saturated carbocycles. The molecular weight excluding hydrogens is 271 g/mol. The molecule has 0 aliphatic heterocycles. The van der Waals surface area contributed by atoms with Gasteiger partial charge in [0.2, 0.25) is 0 Å². The molecule has 0 amide bonds. The van der Waals surface area contributed by atoms with Crippen LogP contribution < -0.4 is 11.3 Å². The van der Waals surface area contributed by atoms with Crippen LogP contribution >= 0.6 is 0 Å². The summed E-state index contributed by atoms with van der Waals surface area (Å²) in [6.45, 7) is 0. The first-order valence-electron chi connectivity index (χ1n) is 7.39. The summed E-state index contributed by atoms with van der Waals surface area (Å²) < 4.78 is 25.4. The van der Waals surface area contributed by atoms with Crippen LogP contribution in [0.25, 0.3) is 11.0 Å². The third-order valence-corrected chi connectivity index (χ3v) is 4.60. The van der Waals surface area contributed by atoms with Gasteiger partial charge in [0.05, 0.1) is 5.60 Å². The molecule has 1 unspecified atom stereocenters. The van der Waals surface area contributed by atoms with E-state index in [2.05, 4.69) is 5.43 Å². The number of halogens is 1. The van der Waals surface area contributed by atoms with Crippen molar-refractivity contribution in [2.24, 2.45) is 5.84 Å². The minimum atomic E-state index is -0.392. The fourth-order valence-electron chi connectivity index (χ4n) is 3.44. The van der Waals surface area contributed by atoms with Gasteiger partial charge < -0.3 is 9.15 Å². The molecular formula is C16H21FN2O2. The SMILES string of the molecule is COC1(C(NN)c2cc3cccc(F)c3o2)CCCCC1. The van der Waals surface area contributed by atoms with E-state index in [4.69, 9.17) is 15.0 Å². The normalized spacial score (nSPS) is 19.8. The maximum absolute atomic E-state index is 13.8. The van der Waals surface area contributed by atoms with Crippen molar-refractivity contribution in [1.82, 2.24) is 5.43 Å². The predicted molar refractivity (Wildman–Crippen MR) is 79.1 cm³/mol. The Labute approximate surface area is 123 Å². The standard InChI is InChI=1S/C16H21FN2O2/c1-20-16(8-3-2-4-9-16)15(19-18)13-10-11-6-5-7-12(17)14(11)21-13/h5-7,10,15,19H,2-4,8-9,18H2,1H3. The van der Waals surface area contributed by atoms with Crippen molar-refractivity contribution in [3.05, 3.63) is 35.8 Å². The number of furan rings is 1. The van der Waals surface area contributed by atoms with Crippen LogP contribution in [0.4, 0.5) is 4.39 Å². The molecule has 0 radical (unpaired) electrons. The molecule has 1 aliphatic carbocycles. The number of para-hydroxylation sites is 1. The fourth-order valence-corrected chi connectivity index (χ4v) is 3.44. The van der Waals surface area contributed by atoms with Crippen molar-refractivity contribution < 1.29 is 13.5 Å². The number of ether oxygens (including phenoxy) is 1. The quantitative estimate of drug-likeness (QED) is 0.669. The lowest BCUT2D eigenvalue weighted by Crippen LogP contribution is -2.49. The molecule has 0 saturated heterocycles. The summed E-state index contributed by atoms with van der Waals surface area (Å²) >= 11 is 0. The lowest BCUT2D eigenvalue weighted by Gasteiger charge is -2.41. The second-order valence-electron chi connectivity index (χ2n) is 5.74. The first-order valence-corrected chi connectivity index (χ1v) is 7.39. The van der Waals surface area contributed by atoms with Gasteiger partial charge in [0, 0.05) is 12.5 Å². The number of nitrogens with one attached hydrogen (secondary N) is 1. The molecule has 1 fully saturated rings. The van der Waals surface area contributed by atoms with Gasteiger partial charge >= 0.3 is 0 Å². The number of hydrogen-bond acceptors (Lipinski definition) is 4. The van der Waals surface area contributed by atoms with E-state index in [1.807, 2.05) is 12.1 Å². The highest BCUT2D eigenvalue weighted by Gasteiger charge is 2.42. The summed E-state index contributed by atoms with van der Waals surface area (Å²) in [5, 5.41) is 0.743. The van der Waals surface area contributed by atoms with Gasteiger partial charge in [-0.3, -0.25) is 5.84 Å². The highest BCUT2D eigenvalue weighted by atomic mass is 19.1. The highest BCUT2D eigenvalue weighted by Crippen LogP contribution is 2.42. The van der Waals surface area contributed by atoms with Crippen molar-refractivity contribution in [2.75, 3.05) is 7.11 Å². The van der Waals surface area contributed by atoms with Gasteiger partial charge in [-0.25, -0.2) is 9.82 Å². The molecule has 21 heavy (non-hydrogen) atoms. The van der Waals surface area contributed by atoms with Crippen LogP contribution in [0.3, 0.4) is 0 Å². The van der Waals surface area contributed by atoms with Crippen LogP contribution in [0, 0.1) is 5.82 Å². The Morgan fingerprint density at radius 2 is 2.10 bits per heavy atom. The molecule has 0 spiro atoms. The van der Waals surface area contributed by atoms with Crippen LogP contribution in [0.15, 0.2) is 28.7 Å². The number of fused-ring (bicyclic) bond motifs is 1. The number of hydrogen-bond donors (Lipinski definition) is 2. The molecule has 1 aromatic heterocycles. The lowest BCUT2D eigenvalue weighted by molar-refractivity contribution is -0.0731. The average molecular weight is 292 g/mol. The average Bonchev–Trinajstić information content (AvgIpc) is 2.94. The van der Waals surface area contributed by atoms with Crippen molar-refractivity contribution >= 4 is 11.0 Å². The number of hydrazine groups is 1. The van der Waals surface area contributed by atoms with E-state index in [0.717, 1.165) is 31.1 Å². The van der Waals surface area contributed by atoms with Crippen molar-refractivity contribution in [1.29, 1.82) is 0 Å². The molecule has 1 atom stereocenters. The first-order chi connectivity index (χ1) is 10.2. The maximum atomic E-state index is 13.8. The molecule has 1 heterocycles. The van der Waals surface area contributed by atoms with Gasteiger partial charge in [-0.15, -0.1) is 0 Å². The van der Waals surface area contributed by atoms with Crippen LogP contribution in [0.5, 0.6) is 0 Å². The van der Waals surface area contributed by atoms with E-state index in [9.17, 15) is 4.39 Å². The second-order valence-corrected chi connectivity index (χ2v) is 5.74. The Morgan fingerprint density at radius 1 is 1.33 bits per heavy atom. The number of methoxy groups -OCH3 is 1. The number of nitrogens with two attached hydrogens (primary N) is 1. The van der Waals surface area contributed by atoms with Crippen molar-refractivity contribution in [3.63, 3.8) is 0 Å². The van der Waals surface area contributed by atoms with E-state index in [1.54, 1.807) is 13.2 Å². The Bertz CT molecular complexity index is 620. The summed E-state index contributed by atoms with van der Waals surface area (Å²) in [4.78, 5) is 0. The molecule has 0 bridgehead atoms. The van der Waals surface area contributed by atoms with Crippen LogP contribution in [0.2, 0.25) is 0 Å². The van der Waals surface area contributed by atoms with Crippen molar-refractivity contribution in [2.45, 2.75) is 43.7 Å². The van der Waals surface area contributed by atoms with Gasteiger partial charge in [0.1, 0.15) is 11.8 Å². The topological polar surface area (TPSA) is 60.4 Å². The van der Waals surface area contributed by atoms with Crippen LogP contribution in [-0.2, 0) is 4.74 Å². The zero-order valence-corrected chi connectivity index (χ0v) is 12.2. The zero-order valence-electron chi connectivity index (χ0n) is 12.2. The molecule has 2 aromatic rings. The smallest absolute Gasteiger partial charge is 0.169 e. The molecule has 3 rings (SSSR count). The van der Waals surface area contributed by atoms with Gasteiger partial charge in [-0.1, -0.05) is 31.4 Å². The molecule has 1 aliphatic rings. The zero-order chi connectivity index (χ0) is 14.9. The summed E-state index contributed by atoms with van der Waals surface area (Å²) in [7, 11) is 1.71.